The highest BCUT2D eigenvalue weighted by Crippen LogP contribution is 2.45. The predicted molar refractivity (Wildman–Crippen MR) is 112 cm³/mol. The Hall–Kier alpha value is -2.26. The summed E-state index contributed by atoms with van der Waals surface area (Å²) in [5, 5.41) is 4.51. The van der Waals surface area contributed by atoms with Crippen LogP contribution in [0.25, 0.3) is 11.3 Å². The molecule has 0 radical (unpaired) electrons. The van der Waals surface area contributed by atoms with Gasteiger partial charge in [-0.15, -0.1) is 0 Å². The normalized spacial score (nSPS) is 25.8. The van der Waals surface area contributed by atoms with Gasteiger partial charge < -0.3 is 15.2 Å². The molecule has 2 aromatic rings. The number of fused-ring (bicyclic) bond motifs is 1. The van der Waals surface area contributed by atoms with E-state index in [4.69, 9.17) is 10.5 Å². The van der Waals surface area contributed by atoms with E-state index in [1.165, 1.54) is 44.6 Å². The first-order chi connectivity index (χ1) is 15.1. The lowest BCUT2D eigenvalue weighted by atomic mass is 10.2. The lowest BCUT2D eigenvalue weighted by Crippen LogP contribution is -2.48. The number of alkyl halides is 2. The van der Waals surface area contributed by atoms with E-state index in [1.54, 1.807) is 0 Å². The first kappa shape index (κ1) is 20.6. The van der Waals surface area contributed by atoms with E-state index in [2.05, 4.69) is 19.7 Å². The molecule has 2 N–H and O–H groups in total. The van der Waals surface area contributed by atoms with Gasteiger partial charge in [-0.1, -0.05) is 12.8 Å². The number of aromatic nitrogens is 3. The van der Waals surface area contributed by atoms with Crippen molar-refractivity contribution in [1.82, 2.24) is 19.7 Å². The summed E-state index contributed by atoms with van der Waals surface area (Å²) >= 11 is 0. The van der Waals surface area contributed by atoms with E-state index in [9.17, 15) is 8.78 Å². The second-order valence-corrected chi connectivity index (χ2v) is 9.01. The zero-order chi connectivity index (χ0) is 21.4. The number of likely N-dealkylation sites (tertiary alicyclic amines) is 1. The van der Waals surface area contributed by atoms with Crippen molar-refractivity contribution >= 4 is 5.82 Å². The second-order valence-electron chi connectivity index (χ2n) is 9.01. The summed E-state index contributed by atoms with van der Waals surface area (Å²) in [4.78, 5) is 6.50. The molecule has 9 heteroatoms. The van der Waals surface area contributed by atoms with Crippen molar-refractivity contribution in [3.05, 3.63) is 24.5 Å². The smallest absolute Gasteiger partial charge is 0.387 e. The van der Waals surface area contributed by atoms with Gasteiger partial charge in [0.05, 0.1) is 31.0 Å². The van der Waals surface area contributed by atoms with Crippen LogP contribution in [0.4, 0.5) is 14.6 Å². The Balaban J connectivity index is 0.000000167. The number of hydrogen-bond acceptors (Lipinski definition) is 6. The second kappa shape index (κ2) is 8.70. The van der Waals surface area contributed by atoms with Gasteiger partial charge in [-0.25, -0.2) is 4.98 Å². The predicted octanol–water partition coefficient (Wildman–Crippen LogP) is 3.58. The third kappa shape index (κ3) is 4.67. The van der Waals surface area contributed by atoms with Crippen LogP contribution in [-0.4, -0.2) is 58.6 Å². The van der Waals surface area contributed by atoms with Crippen LogP contribution >= 0.6 is 0 Å². The number of halogens is 2. The molecule has 6 rings (SSSR count). The first-order valence-electron chi connectivity index (χ1n) is 11.1. The first-order valence-corrected chi connectivity index (χ1v) is 11.1. The molecule has 2 aliphatic heterocycles. The quantitative estimate of drug-likeness (QED) is 0.777. The van der Waals surface area contributed by atoms with Crippen LogP contribution < -0.4 is 10.5 Å². The molecule has 0 spiro atoms. The number of anilines is 1. The monoisotopic (exact) mass is 433 g/mol. The van der Waals surface area contributed by atoms with E-state index in [1.807, 2.05) is 16.9 Å². The fourth-order valence-corrected chi connectivity index (χ4v) is 4.82. The fourth-order valence-electron chi connectivity index (χ4n) is 4.82. The summed E-state index contributed by atoms with van der Waals surface area (Å²) < 4.78 is 36.1. The van der Waals surface area contributed by atoms with Crippen LogP contribution in [0.5, 0.6) is 5.75 Å². The van der Waals surface area contributed by atoms with Crippen LogP contribution in [0, 0.1) is 11.8 Å². The summed E-state index contributed by atoms with van der Waals surface area (Å²) in [5.41, 5.74) is 6.81. The van der Waals surface area contributed by atoms with E-state index in [0.29, 0.717) is 17.3 Å². The highest BCUT2D eigenvalue weighted by Gasteiger charge is 2.47. The van der Waals surface area contributed by atoms with E-state index in [0.717, 1.165) is 43.9 Å². The van der Waals surface area contributed by atoms with E-state index in [-0.39, 0.29) is 11.6 Å². The molecule has 4 fully saturated rings. The van der Waals surface area contributed by atoms with Gasteiger partial charge in [-0.3, -0.25) is 9.58 Å². The molecule has 0 bridgehead atoms. The maximum atomic E-state index is 12.3. The number of nitrogen functional groups attached to an aromatic ring is 1. The van der Waals surface area contributed by atoms with Gasteiger partial charge in [0.1, 0.15) is 0 Å². The molecule has 7 nitrogen and oxygen atoms in total. The van der Waals surface area contributed by atoms with Crippen molar-refractivity contribution in [2.24, 2.45) is 11.8 Å². The Morgan fingerprint density at radius 3 is 2.52 bits per heavy atom. The fraction of sp³-hybridized carbons (Fsp3) is 0.636. The maximum Gasteiger partial charge on any atom is 0.387 e. The highest BCUT2D eigenvalue weighted by atomic mass is 19.3. The number of nitrogens with zero attached hydrogens (tertiary/aromatic N) is 4. The number of nitrogens with two attached hydrogens (primary N) is 1. The summed E-state index contributed by atoms with van der Waals surface area (Å²) in [6.07, 6.45) is 9.63. The summed E-state index contributed by atoms with van der Waals surface area (Å²) in [6.45, 7) is 1.82. The minimum absolute atomic E-state index is 0.0609. The minimum Gasteiger partial charge on any atom is -0.431 e. The molecule has 2 atom stereocenters. The standard InChI is InChI=1S/C14H16F2N4O.C8H13NO/c15-14(16)21-12-7-9(8-18-13(12)17)11-5-6-20(19-11)10-3-1-2-4-10;1-6-2-9(3-7(1)6)8-4-10-5-8/h5-8,10,14H,1-4H2,(H2,17,18);6-8H,1-5H2. The number of rotatable bonds is 5. The molecule has 4 aliphatic rings. The largest absolute Gasteiger partial charge is 0.431 e. The Morgan fingerprint density at radius 1 is 1.13 bits per heavy atom. The number of ether oxygens (including phenoxy) is 2. The third-order valence-corrected chi connectivity index (χ3v) is 6.84. The van der Waals surface area contributed by atoms with Crippen LogP contribution in [0.2, 0.25) is 0 Å². The van der Waals surface area contributed by atoms with Gasteiger partial charge in [-0.2, -0.15) is 13.9 Å². The average molecular weight is 434 g/mol. The Morgan fingerprint density at radius 2 is 1.87 bits per heavy atom. The lowest BCUT2D eigenvalue weighted by Gasteiger charge is -2.35. The van der Waals surface area contributed by atoms with Crippen LogP contribution in [0.3, 0.4) is 0 Å². The van der Waals surface area contributed by atoms with Gasteiger partial charge in [0.2, 0.25) is 0 Å². The van der Waals surface area contributed by atoms with Gasteiger partial charge in [0, 0.05) is 31.0 Å². The van der Waals surface area contributed by atoms with Crippen molar-refractivity contribution in [2.75, 3.05) is 32.0 Å². The molecule has 2 saturated heterocycles. The van der Waals surface area contributed by atoms with Crippen molar-refractivity contribution in [1.29, 1.82) is 0 Å². The zero-order valence-electron chi connectivity index (χ0n) is 17.5. The molecule has 2 aliphatic carbocycles. The van der Waals surface area contributed by atoms with Crippen molar-refractivity contribution in [3.8, 4) is 17.0 Å². The topological polar surface area (TPSA) is 78.4 Å². The zero-order valence-corrected chi connectivity index (χ0v) is 17.5. The van der Waals surface area contributed by atoms with E-state index >= 15 is 0 Å². The van der Waals surface area contributed by atoms with E-state index < -0.39 is 6.61 Å². The Bertz CT molecular complexity index is 888. The highest BCUT2D eigenvalue weighted by molar-refractivity contribution is 5.63. The lowest BCUT2D eigenvalue weighted by molar-refractivity contribution is -0.0605. The molecular formula is C22H29F2N5O2. The molecule has 0 aromatic carbocycles. The molecule has 0 amide bonds. The Kier molecular flexibility index (Phi) is 5.79. The molecule has 168 valence electrons. The summed E-state index contributed by atoms with van der Waals surface area (Å²) in [7, 11) is 0. The van der Waals surface area contributed by atoms with Gasteiger partial charge in [0.25, 0.3) is 0 Å². The van der Waals surface area contributed by atoms with Crippen molar-refractivity contribution in [3.63, 3.8) is 0 Å². The van der Waals surface area contributed by atoms with Crippen LogP contribution in [-0.2, 0) is 4.74 Å². The molecule has 31 heavy (non-hydrogen) atoms. The number of hydrogen-bond donors (Lipinski definition) is 1. The maximum absolute atomic E-state index is 12.3. The number of piperidine rings is 1. The van der Waals surface area contributed by atoms with Gasteiger partial charge >= 0.3 is 6.61 Å². The van der Waals surface area contributed by atoms with Crippen molar-refractivity contribution in [2.45, 2.75) is 50.8 Å². The molecule has 4 heterocycles. The Labute approximate surface area is 180 Å². The molecule has 2 saturated carbocycles. The van der Waals surface area contributed by atoms with Gasteiger partial charge in [-0.05, 0) is 43.2 Å². The minimum atomic E-state index is -2.93. The van der Waals surface area contributed by atoms with Crippen LogP contribution in [0.15, 0.2) is 24.5 Å². The van der Waals surface area contributed by atoms with Crippen LogP contribution in [0.1, 0.15) is 38.1 Å². The summed E-state index contributed by atoms with van der Waals surface area (Å²) in [6, 6.07) is 4.51. The van der Waals surface area contributed by atoms with Crippen molar-refractivity contribution < 1.29 is 18.3 Å². The molecular weight excluding hydrogens is 404 g/mol. The molecule has 2 unspecified atom stereocenters. The van der Waals surface area contributed by atoms with Gasteiger partial charge in [0.15, 0.2) is 11.6 Å². The summed E-state index contributed by atoms with van der Waals surface area (Å²) in [5.74, 6) is 1.98. The average Bonchev–Trinajstić information content (AvgIpc) is 3.18. The third-order valence-electron chi connectivity index (χ3n) is 6.84. The molecule has 2 aromatic heterocycles. The SMILES string of the molecule is C1C2CN(C3COC3)CC12.Nc1ncc(-c2ccn(C3CCCC3)n2)cc1OC(F)F. The number of pyridine rings is 1.